The van der Waals surface area contributed by atoms with Crippen molar-refractivity contribution >= 4 is 17.5 Å². The van der Waals surface area contributed by atoms with Crippen LogP contribution in [0.4, 0.5) is 16.2 Å². The Kier molecular flexibility index (Phi) is 7.57. The summed E-state index contributed by atoms with van der Waals surface area (Å²) in [6.07, 6.45) is -0.908. The van der Waals surface area contributed by atoms with Crippen LogP contribution in [0.15, 0.2) is 54.6 Å². The maximum absolute atomic E-state index is 11.4. The Labute approximate surface area is 215 Å². The number of aromatic nitrogens is 1. The Morgan fingerprint density at radius 2 is 1.95 bits per heavy atom. The Morgan fingerprint density at radius 1 is 1.11 bits per heavy atom. The largest absolute Gasteiger partial charge is 0.486 e. The van der Waals surface area contributed by atoms with Crippen molar-refractivity contribution in [1.82, 2.24) is 15.2 Å². The van der Waals surface area contributed by atoms with Gasteiger partial charge in [-0.15, -0.1) is 0 Å². The number of rotatable bonds is 8. The summed E-state index contributed by atoms with van der Waals surface area (Å²) in [5, 5.41) is 16.0. The molecule has 0 aliphatic carbocycles. The number of nitrogens with zero attached hydrogens (tertiary/aromatic N) is 2. The first-order valence-corrected chi connectivity index (χ1v) is 12.2. The van der Waals surface area contributed by atoms with E-state index < -0.39 is 6.09 Å². The van der Waals surface area contributed by atoms with Crippen LogP contribution in [0.25, 0.3) is 11.3 Å². The molecule has 37 heavy (non-hydrogen) atoms. The van der Waals surface area contributed by atoms with Crippen molar-refractivity contribution in [2.24, 2.45) is 0 Å². The van der Waals surface area contributed by atoms with Crippen LogP contribution in [-0.4, -0.2) is 73.8 Å². The van der Waals surface area contributed by atoms with Crippen LogP contribution in [0.2, 0.25) is 0 Å². The summed E-state index contributed by atoms with van der Waals surface area (Å²) < 4.78 is 22.5. The first-order chi connectivity index (χ1) is 18.1. The highest BCUT2D eigenvalue weighted by Gasteiger charge is 2.26. The molecule has 0 saturated carbocycles. The summed E-state index contributed by atoms with van der Waals surface area (Å²) in [4.78, 5) is 17.5. The normalized spacial score (nSPS) is 16.8. The van der Waals surface area contributed by atoms with E-state index in [1.165, 1.54) is 4.90 Å². The van der Waals surface area contributed by atoms with Crippen LogP contribution in [0.5, 0.6) is 17.4 Å². The summed E-state index contributed by atoms with van der Waals surface area (Å²) >= 11 is 0. The molecule has 3 N–H and O–H groups in total. The molecule has 3 aromatic rings. The summed E-state index contributed by atoms with van der Waals surface area (Å²) in [6.45, 7) is 3.44. The third-order valence-electron chi connectivity index (χ3n) is 6.31. The molecule has 2 aliphatic rings. The van der Waals surface area contributed by atoms with Gasteiger partial charge >= 0.3 is 6.09 Å². The van der Waals surface area contributed by atoms with Gasteiger partial charge in [0.1, 0.15) is 18.9 Å². The van der Waals surface area contributed by atoms with Crippen LogP contribution >= 0.6 is 0 Å². The lowest BCUT2D eigenvalue weighted by molar-refractivity contribution is 0.000382. The average Bonchev–Trinajstić information content (AvgIpc) is 2.94. The van der Waals surface area contributed by atoms with Gasteiger partial charge in [-0.1, -0.05) is 18.2 Å². The number of ether oxygens (including phenoxy) is 4. The second kappa shape index (κ2) is 11.4. The van der Waals surface area contributed by atoms with Crippen molar-refractivity contribution in [3.63, 3.8) is 0 Å². The van der Waals surface area contributed by atoms with Crippen LogP contribution in [-0.2, 0) is 11.3 Å². The molecule has 10 heteroatoms. The molecule has 1 saturated heterocycles. The number of pyridine rings is 1. The number of benzene rings is 2. The molecule has 2 aliphatic heterocycles. The second-order valence-corrected chi connectivity index (χ2v) is 8.74. The number of morpholine rings is 1. The van der Waals surface area contributed by atoms with Gasteiger partial charge in [-0.05, 0) is 42.0 Å². The zero-order chi connectivity index (χ0) is 25.6. The fourth-order valence-corrected chi connectivity index (χ4v) is 4.44. The van der Waals surface area contributed by atoms with E-state index in [-0.39, 0.29) is 6.04 Å². The number of fused-ring (bicyclic) bond motifs is 1. The van der Waals surface area contributed by atoms with Crippen LogP contribution in [0.3, 0.4) is 0 Å². The smallest absolute Gasteiger partial charge is 0.407 e. The number of nitrogens with one attached hydrogen (secondary N) is 2. The van der Waals surface area contributed by atoms with Crippen molar-refractivity contribution in [3.8, 4) is 28.6 Å². The lowest BCUT2D eigenvalue weighted by Crippen LogP contribution is -2.52. The molecule has 2 aromatic carbocycles. The topological polar surface area (TPSA) is 114 Å². The number of carbonyl (C=O) groups is 1. The van der Waals surface area contributed by atoms with Crippen molar-refractivity contribution in [3.05, 3.63) is 60.2 Å². The standard InChI is InChI=1S/C27H30N4O6/c1-34-26-23(10-9-22(30-26)21-3-2-4-24-25(21)37-14-13-36-24)29-19-7-5-18(6-8-19)15-28-16-20-17-35-12-11-31(20)27(32)33/h2-10,20,28-29H,11-17H2,1H3,(H,32,33)/t20-/m1/s1. The van der Waals surface area contributed by atoms with E-state index in [4.69, 9.17) is 23.9 Å². The molecule has 10 nitrogen and oxygen atoms in total. The molecule has 1 fully saturated rings. The third kappa shape index (κ3) is 5.71. The van der Waals surface area contributed by atoms with E-state index >= 15 is 0 Å². The average molecular weight is 507 g/mol. The van der Waals surface area contributed by atoms with Crippen molar-refractivity contribution < 1.29 is 28.8 Å². The zero-order valence-electron chi connectivity index (χ0n) is 20.6. The highest BCUT2D eigenvalue weighted by Crippen LogP contribution is 2.40. The summed E-state index contributed by atoms with van der Waals surface area (Å²) in [5.74, 6) is 1.88. The minimum absolute atomic E-state index is 0.185. The van der Waals surface area contributed by atoms with E-state index in [0.29, 0.717) is 63.4 Å². The predicted octanol–water partition coefficient (Wildman–Crippen LogP) is 3.74. The molecule has 1 atom stereocenters. The van der Waals surface area contributed by atoms with E-state index in [2.05, 4.69) is 10.6 Å². The summed E-state index contributed by atoms with van der Waals surface area (Å²) in [7, 11) is 1.59. The van der Waals surface area contributed by atoms with Crippen LogP contribution in [0, 0.1) is 0 Å². The molecule has 194 valence electrons. The number of methoxy groups -OCH3 is 1. The van der Waals surface area contributed by atoms with Crippen molar-refractivity contribution in [2.75, 3.05) is 51.9 Å². The van der Waals surface area contributed by atoms with E-state index in [1.807, 2.05) is 54.6 Å². The minimum atomic E-state index is -0.908. The molecule has 0 spiro atoms. The van der Waals surface area contributed by atoms with Gasteiger partial charge in [-0.25, -0.2) is 9.78 Å². The summed E-state index contributed by atoms with van der Waals surface area (Å²) in [5.41, 5.74) is 4.30. The molecule has 0 bridgehead atoms. The Balaban J connectivity index is 1.22. The SMILES string of the molecule is COc1nc(-c2cccc3c2OCCO3)ccc1Nc1ccc(CNC[C@@H]2COCCN2C(=O)O)cc1. The molecule has 5 rings (SSSR count). The quantitative estimate of drug-likeness (QED) is 0.420. The number of carboxylic acid groups (broad SMARTS) is 1. The Hall–Kier alpha value is -4.02. The van der Waals surface area contributed by atoms with Gasteiger partial charge in [0.2, 0.25) is 5.88 Å². The number of anilines is 2. The van der Waals surface area contributed by atoms with Gasteiger partial charge in [0.05, 0.1) is 32.1 Å². The lowest BCUT2D eigenvalue weighted by Gasteiger charge is -2.33. The van der Waals surface area contributed by atoms with E-state index in [9.17, 15) is 9.90 Å². The highest BCUT2D eigenvalue weighted by molar-refractivity contribution is 5.75. The summed E-state index contributed by atoms with van der Waals surface area (Å²) in [6, 6.07) is 17.4. The lowest BCUT2D eigenvalue weighted by atomic mass is 10.1. The minimum Gasteiger partial charge on any atom is -0.486 e. The van der Waals surface area contributed by atoms with Gasteiger partial charge in [0.25, 0.3) is 0 Å². The fourth-order valence-electron chi connectivity index (χ4n) is 4.44. The number of hydrogen-bond donors (Lipinski definition) is 3. The second-order valence-electron chi connectivity index (χ2n) is 8.74. The molecule has 3 heterocycles. The molecular formula is C27H30N4O6. The number of amides is 1. The van der Waals surface area contributed by atoms with E-state index in [1.54, 1.807) is 7.11 Å². The molecule has 0 radical (unpaired) electrons. The van der Waals surface area contributed by atoms with Crippen molar-refractivity contribution in [1.29, 1.82) is 0 Å². The first-order valence-electron chi connectivity index (χ1n) is 12.2. The number of para-hydroxylation sites is 1. The van der Waals surface area contributed by atoms with Gasteiger partial charge in [-0.2, -0.15) is 0 Å². The highest BCUT2D eigenvalue weighted by atomic mass is 16.6. The molecule has 1 amide bonds. The van der Waals surface area contributed by atoms with Gasteiger partial charge in [0.15, 0.2) is 11.5 Å². The van der Waals surface area contributed by atoms with Crippen molar-refractivity contribution in [2.45, 2.75) is 12.6 Å². The third-order valence-corrected chi connectivity index (χ3v) is 6.31. The van der Waals surface area contributed by atoms with E-state index in [0.717, 1.165) is 28.2 Å². The monoisotopic (exact) mass is 506 g/mol. The molecular weight excluding hydrogens is 476 g/mol. The van der Waals surface area contributed by atoms with Crippen LogP contribution in [0.1, 0.15) is 5.56 Å². The van der Waals surface area contributed by atoms with Gasteiger partial charge < -0.3 is 34.7 Å². The Morgan fingerprint density at radius 3 is 2.76 bits per heavy atom. The first kappa shape index (κ1) is 24.7. The molecule has 0 unspecified atom stereocenters. The van der Waals surface area contributed by atoms with Gasteiger partial charge in [-0.3, -0.25) is 4.90 Å². The Bertz CT molecular complexity index is 1240. The van der Waals surface area contributed by atoms with Gasteiger partial charge in [0, 0.05) is 30.9 Å². The zero-order valence-corrected chi connectivity index (χ0v) is 20.6. The molecule has 1 aromatic heterocycles. The number of hydrogen-bond acceptors (Lipinski definition) is 8. The maximum Gasteiger partial charge on any atom is 0.407 e. The van der Waals surface area contributed by atoms with Crippen LogP contribution < -0.4 is 24.8 Å². The predicted molar refractivity (Wildman–Crippen MR) is 138 cm³/mol. The maximum atomic E-state index is 11.4. The fraction of sp³-hybridized carbons (Fsp3) is 0.333.